The van der Waals surface area contributed by atoms with Gasteiger partial charge < -0.3 is 10.1 Å². The number of nitrogens with one attached hydrogen (secondary N) is 1. The molecule has 92 valence electrons. The van der Waals surface area contributed by atoms with E-state index in [-0.39, 0.29) is 6.10 Å². The molecule has 0 amide bonds. The summed E-state index contributed by atoms with van der Waals surface area (Å²) in [6.07, 6.45) is 0.204. The van der Waals surface area contributed by atoms with E-state index in [1.807, 2.05) is 12.1 Å². The Morgan fingerprint density at radius 3 is 2.22 bits per heavy atom. The van der Waals surface area contributed by atoms with E-state index in [2.05, 4.69) is 53.8 Å². The third-order valence-electron chi connectivity index (χ3n) is 3.36. The molecule has 2 nitrogen and oxygen atoms in total. The summed E-state index contributed by atoms with van der Waals surface area (Å²) in [4.78, 5) is 0. The van der Waals surface area contributed by atoms with Crippen LogP contribution < -0.4 is 5.32 Å². The maximum Gasteiger partial charge on any atom is 0.100 e. The molecule has 2 aromatic rings. The van der Waals surface area contributed by atoms with Crippen LogP contribution in [-0.2, 0) is 11.3 Å². The second kappa shape index (κ2) is 5.34. The zero-order chi connectivity index (χ0) is 12.2. The van der Waals surface area contributed by atoms with Gasteiger partial charge in [-0.2, -0.15) is 0 Å². The molecule has 2 atom stereocenters. The number of ether oxygens (including phenoxy) is 1. The Kier molecular flexibility index (Phi) is 3.40. The van der Waals surface area contributed by atoms with Gasteiger partial charge in [0.1, 0.15) is 6.10 Å². The Morgan fingerprint density at radius 2 is 1.61 bits per heavy atom. The fourth-order valence-electron chi connectivity index (χ4n) is 2.27. The van der Waals surface area contributed by atoms with E-state index in [1.165, 1.54) is 11.1 Å². The van der Waals surface area contributed by atoms with Gasteiger partial charge in [0.25, 0.3) is 0 Å². The average molecular weight is 239 g/mol. The van der Waals surface area contributed by atoms with E-state index in [4.69, 9.17) is 4.74 Å². The molecule has 1 aliphatic heterocycles. The predicted molar refractivity (Wildman–Crippen MR) is 72.2 cm³/mol. The molecule has 1 fully saturated rings. The van der Waals surface area contributed by atoms with Crippen molar-refractivity contribution in [1.29, 1.82) is 0 Å². The number of hydrogen-bond acceptors (Lipinski definition) is 2. The first-order chi connectivity index (χ1) is 8.93. The fourth-order valence-corrected chi connectivity index (χ4v) is 2.27. The normalized spacial score (nSPS) is 22.4. The van der Waals surface area contributed by atoms with Gasteiger partial charge in [-0.3, -0.25) is 0 Å². The zero-order valence-electron chi connectivity index (χ0n) is 10.3. The van der Waals surface area contributed by atoms with Crippen LogP contribution in [0.15, 0.2) is 60.7 Å². The van der Waals surface area contributed by atoms with Gasteiger partial charge in [-0.15, -0.1) is 0 Å². The van der Waals surface area contributed by atoms with E-state index in [9.17, 15) is 0 Å². The van der Waals surface area contributed by atoms with Gasteiger partial charge in [0.05, 0.1) is 12.6 Å². The highest BCUT2D eigenvalue weighted by molar-refractivity contribution is 5.21. The highest BCUT2D eigenvalue weighted by Crippen LogP contribution is 2.29. The zero-order valence-corrected chi connectivity index (χ0v) is 10.3. The number of hydrogen-bond donors (Lipinski definition) is 1. The summed E-state index contributed by atoms with van der Waals surface area (Å²) < 4.78 is 5.66. The minimum atomic E-state index is 0.204. The first-order valence-corrected chi connectivity index (χ1v) is 6.37. The molecule has 0 saturated carbocycles. The first kappa shape index (κ1) is 11.5. The molecule has 0 radical (unpaired) electrons. The maximum atomic E-state index is 5.66. The van der Waals surface area contributed by atoms with Crippen molar-refractivity contribution in [2.24, 2.45) is 0 Å². The number of rotatable bonds is 4. The number of benzene rings is 2. The minimum Gasteiger partial charge on any atom is -0.370 e. The lowest BCUT2D eigenvalue weighted by atomic mass is 9.98. The lowest BCUT2D eigenvalue weighted by Crippen LogP contribution is -2.48. The van der Waals surface area contributed by atoms with Crippen molar-refractivity contribution in [3.8, 4) is 0 Å². The Morgan fingerprint density at radius 1 is 0.944 bits per heavy atom. The molecule has 2 heteroatoms. The summed E-state index contributed by atoms with van der Waals surface area (Å²) >= 11 is 0. The van der Waals surface area contributed by atoms with Gasteiger partial charge in [-0.1, -0.05) is 60.7 Å². The van der Waals surface area contributed by atoms with Crippen LogP contribution in [0, 0.1) is 0 Å². The van der Waals surface area contributed by atoms with Crippen molar-refractivity contribution in [1.82, 2.24) is 5.32 Å². The van der Waals surface area contributed by atoms with Crippen LogP contribution in [-0.4, -0.2) is 12.6 Å². The molecule has 18 heavy (non-hydrogen) atoms. The fraction of sp³-hybridized carbons (Fsp3) is 0.250. The van der Waals surface area contributed by atoms with Gasteiger partial charge in [-0.05, 0) is 11.1 Å². The lowest BCUT2D eigenvalue weighted by Gasteiger charge is -2.37. The molecule has 1 saturated heterocycles. The molecule has 0 unspecified atom stereocenters. The first-order valence-electron chi connectivity index (χ1n) is 6.37. The lowest BCUT2D eigenvalue weighted by molar-refractivity contribution is -0.0904. The molecular formula is C16H17NO. The van der Waals surface area contributed by atoms with E-state index in [0.717, 1.165) is 13.2 Å². The maximum absolute atomic E-state index is 5.66. The van der Waals surface area contributed by atoms with Crippen molar-refractivity contribution in [2.45, 2.75) is 18.7 Å². The molecule has 0 spiro atoms. The second-order valence-corrected chi connectivity index (χ2v) is 4.64. The van der Waals surface area contributed by atoms with Crippen LogP contribution in [0.4, 0.5) is 0 Å². The monoisotopic (exact) mass is 239 g/mol. The highest BCUT2D eigenvalue weighted by atomic mass is 16.5. The van der Waals surface area contributed by atoms with E-state index >= 15 is 0 Å². The third kappa shape index (κ3) is 2.45. The summed E-state index contributed by atoms with van der Waals surface area (Å²) in [5.41, 5.74) is 2.57. The molecule has 0 aliphatic carbocycles. The van der Waals surface area contributed by atoms with Crippen molar-refractivity contribution in [2.75, 3.05) is 6.61 Å². The van der Waals surface area contributed by atoms with Crippen molar-refractivity contribution >= 4 is 0 Å². The van der Waals surface area contributed by atoms with Gasteiger partial charge >= 0.3 is 0 Å². The molecule has 2 aromatic carbocycles. The summed E-state index contributed by atoms with van der Waals surface area (Å²) in [6.45, 7) is 1.70. The van der Waals surface area contributed by atoms with Crippen molar-refractivity contribution in [3.63, 3.8) is 0 Å². The Hall–Kier alpha value is -1.64. The van der Waals surface area contributed by atoms with E-state index in [1.54, 1.807) is 0 Å². The Balaban J connectivity index is 1.58. The molecule has 1 N–H and O–H groups in total. The van der Waals surface area contributed by atoms with E-state index in [0.29, 0.717) is 6.04 Å². The summed E-state index contributed by atoms with van der Waals surface area (Å²) in [5, 5.41) is 3.56. The highest BCUT2D eigenvalue weighted by Gasteiger charge is 2.32. The topological polar surface area (TPSA) is 21.3 Å². The predicted octanol–water partition coefficient (Wildman–Crippen LogP) is 2.92. The van der Waals surface area contributed by atoms with E-state index < -0.39 is 0 Å². The Bertz CT molecular complexity index is 483. The van der Waals surface area contributed by atoms with Gasteiger partial charge in [0.2, 0.25) is 0 Å². The standard InChI is InChI=1S/C16H17NO/c1-3-7-13(8-4-1)11-17-15-12-18-16(15)14-9-5-2-6-10-14/h1-10,15-17H,11-12H2/t15-,16-/m1/s1. The van der Waals surface area contributed by atoms with Crippen LogP contribution in [0.25, 0.3) is 0 Å². The summed E-state index contributed by atoms with van der Waals surface area (Å²) in [7, 11) is 0. The smallest absolute Gasteiger partial charge is 0.100 e. The van der Waals surface area contributed by atoms with Crippen molar-refractivity contribution in [3.05, 3.63) is 71.8 Å². The van der Waals surface area contributed by atoms with Crippen LogP contribution >= 0.6 is 0 Å². The molecule has 0 bridgehead atoms. The van der Waals surface area contributed by atoms with Crippen molar-refractivity contribution < 1.29 is 4.74 Å². The van der Waals surface area contributed by atoms with Crippen LogP contribution in [0.2, 0.25) is 0 Å². The molecule has 0 aromatic heterocycles. The van der Waals surface area contributed by atoms with Crippen LogP contribution in [0.3, 0.4) is 0 Å². The summed E-state index contributed by atoms with van der Waals surface area (Å²) in [5.74, 6) is 0. The second-order valence-electron chi connectivity index (χ2n) is 4.64. The molecule has 1 heterocycles. The average Bonchev–Trinajstić information content (AvgIpc) is 2.40. The summed E-state index contributed by atoms with van der Waals surface area (Å²) in [6, 6.07) is 21.3. The quantitative estimate of drug-likeness (QED) is 0.885. The Labute approximate surface area is 108 Å². The van der Waals surface area contributed by atoms with Gasteiger partial charge in [0, 0.05) is 6.54 Å². The van der Waals surface area contributed by atoms with Crippen LogP contribution in [0.5, 0.6) is 0 Å². The van der Waals surface area contributed by atoms with Gasteiger partial charge in [0.15, 0.2) is 0 Å². The minimum absolute atomic E-state index is 0.204. The molecule has 3 rings (SSSR count). The SMILES string of the molecule is c1ccc(CN[C@@H]2CO[C@@H]2c2ccccc2)cc1. The largest absolute Gasteiger partial charge is 0.370 e. The van der Waals surface area contributed by atoms with Crippen LogP contribution in [0.1, 0.15) is 17.2 Å². The van der Waals surface area contributed by atoms with Gasteiger partial charge in [-0.25, -0.2) is 0 Å². The third-order valence-corrected chi connectivity index (χ3v) is 3.36. The molecule has 1 aliphatic rings. The molecular weight excluding hydrogens is 222 g/mol.